The second kappa shape index (κ2) is 6.17. The van der Waals surface area contributed by atoms with Crippen LogP contribution in [0.2, 0.25) is 0 Å². The van der Waals surface area contributed by atoms with Gasteiger partial charge in [0.15, 0.2) is 0 Å². The largest absolute Gasteiger partial charge is 0.444 e. The van der Waals surface area contributed by atoms with E-state index in [0.29, 0.717) is 13.1 Å². The quantitative estimate of drug-likeness (QED) is 0.909. The van der Waals surface area contributed by atoms with Gasteiger partial charge in [-0.15, -0.1) is 0 Å². The average molecular weight is 278 g/mol. The Bertz CT molecular complexity index is 444. The van der Waals surface area contributed by atoms with Gasteiger partial charge in [0.1, 0.15) is 5.60 Å². The molecule has 110 valence electrons. The summed E-state index contributed by atoms with van der Waals surface area (Å²) in [6.07, 6.45) is 2.35. The minimum Gasteiger partial charge on any atom is -0.444 e. The zero-order valence-corrected chi connectivity index (χ0v) is 12.3. The van der Waals surface area contributed by atoms with Crippen molar-refractivity contribution in [2.24, 2.45) is 0 Å². The molecule has 0 aliphatic carbocycles. The number of nitrogens with one attached hydrogen (secondary N) is 1. The van der Waals surface area contributed by atoms with Crippen LogP contribution >= 0.6 is 0 Å². The Labute approximate surface area is 119 Å². The van der Waals surface area contributed by atoms with Gasteiger partial charge in [0, 0.05) is 31.9 Å². The number of carbonyl (C=O) groups excluding carboxylic acids is 1. The maximum Gasteiger partial charge on any atom is 0.410 e. The van der Waals surface area contributed by atoms with Gasteiger partial charge in [0.05, 0.1) is 5.69 Å². The molecule has 1 aromatic heterocycles. The maximum absolute atomic E-state index is 11.9. The van der Waals surface area contributed by atoms with E-state index >= 15 is 0 Å². The smallest absolute Gasteiger partial charge is 0.410 e. The summed E-state index contributed by atoms with van der Waals surface area (Å²) in [6, 6.07) is 4.08. The predicted octanol–water partition coefficient (Wildman–Crippen LogP) is 1.58. The van der Waals surface area contributed by atoms with Crippen LogP contribution in [-0.2, 0) is 11.3 Å². The monoisotopic (exact) mass is 278 g/mol. The number of ether oxygens (including phenoxy) is 1. The minimum absolute atomic E-state index is 0.235. The highest BCUT2D eigenvalue weighted by Crippen LogP contribution is 2.15. The topological polar surface area (TPSA) is 67.3 Å². The summed E-state index contributed by atoms with van der Waals surface area (Å²) in [5.74, 6) is 0. The highest BCUT2D eigenvalue weighted by atomic mass is 16.6. The Morgan fingerprint density at radius 2 is 2.35 bits per heavy atom. The molecule has 1 atom stereocenters. The van der Waals surface area contributed by atoms with E-state index in [-0.39, 0.29) is 12.1 Å². The van der Waals surface area contributed by atoms with E-state index in [2.05, 4.69) is 15.5 Å². The summed E-state index contributed by atoms with van der Waals surface area (Å²) >= 11 is 0. The molecule has 1 aliphatic rings. The number of amides is 1. The Kier molecular flexibility index (Phi) is 4.54. The molecule has 0 spiro atoms. The van der Waals surface area contributed by atoms with Gasteiger partial charge < -0.3 is 15.0 Å². The van der Waals surface area contributed by atoms with Crippen molar-refractivity contribution in [3.63, 3.8) is 0 Å². The van der Waals surface area contributed by atoms with Crippen LogP contribution in [0.5, 0.6) is 0 Å². The molecule has 0 aromatic carbocycles. The number of aromatic nitrogens is 2. The highest BCUT2D eigenvalue weighted by Gasteiger charge is 2.29. The minimum atomic E-state index is -0.442. The summed E-state index contributed by atoms with van der Waals surface area (Å²) in [5, 5.41) is 11.3. The Morgan fingerprint density at radius 1 is 1.55 bits per heavy atom. The fourth-order valence-electron chi connectivity index (χ4n) is 2.10. The lowest BCUT2D eigenvalue weighted by Gasteiger charge is -2.24. The zero-order chi connectivity index (χ0) is 14.6. The van der Waals surface area contributed by atoms with Gasteiger partial charge in [-0.2, -0.15) is 10.2 Å². The van der Waals surface area contributed by atoms with E-state index in [0.717, 1.165) is 18.7 Å². The van der Waals surface area contributed by atoms with Crippen molar-refractivity contribution in [2.45, 2.75) is 45.4 Å². The highest BCUT2D eigenvalue weighted by molar-refractivity contribution is 5.68. The second-order valence-corrected chi connectivity index (χ2v) is 6.01. The molecule has 2 heterocycles. The zero-order valence-electron chi connectivity index (χ0n) is 12.3. The lowest BCUT2D eigenvalue weighted by Crippen LogP contribution is -2.38. The van der Waals surface area contributed by atoms with E-state index < -0.39 is 5.60 Å². The van der Waals surface area contributed by atoms with Crippen LogP contribution in [0.1, 0.15) is 32.9 Å². The molecular weight excluding hydrogens is 256 g/mol. The van der Waals surface area contributed by atoms with Crippen molar-refractivity contribution in [3.8, 4) is 0 Å². The van der Waals surface area contributed by atoms with Crippen molar-refractivity contribution >= 4 is 6.09 Å². The van der Waals surface area contributed by atoms with Gasteiger partial charge in [-0.1, -0.05) is 0 Å². The molecule has 0 radical (unpaired) electrons. The maximum atomic E-state index is 11.9. The van der Waals surface area contributed by atoms with Crippen molar-refractivity contribution in [1.82, 2.24) is 20.4 Å². The first-order chi connectivity index (χ1) is 9.44. The molecule has 20 heavy (non-hydrogen) atoms. The van der Waals surface area contributed by atoms with Crippen LogP contribution in [0, 0.1) is 0 Å². The van der Waals surface area contributed by atoms with Crippen LogP contribution in [0.3, 0.4) is 0 Å². The van der Waals surface area contributed by atoms with Gasteiger partial charge in [-0.25, -0.2) is 4.79 Å². The molecule has 1 fully saturated rings. The number of hydrogen-bond donors (Lipinski definition) is 1. The second-order valence-electron chi connectivity index (χ2n) is 6.01. The molecule has 1 aliphatic heterocycles. The van der Waals surface area contributed by atoms with E-state index in [4.69, 9.17) is 4.74 Å². The molecule has 1 saturated heterocycles. The number of carbonyl (C=O) groups is 1. The molecule has 0 saturated carbocycles. The third kappa shape index (κ3) is 4.45. The Balaban J connectivity index is 1.76. The predicted molar refractivity (Wildman–Crippen MR) is 75.1 cm³/mol. The number of rotatable bonds is 3. The fraction of sp³-hybridized carbons (Fsp3) is 0.643. The summed E-state index contributed by atoms with van der Waals surface area (Å²) in [7, 11) is 0. The molecule has 2 rings (SSSR count). The van der Waals surface area contributed by atoms with Gasteiger partial charge in [0.2, 0.25) is 0 Å². The molecule has 1 N–H and O–H groups in total. The van der Waals surface area contributed by atoms with Crippen LogP contribution in [0.25, 0.3) is 0 Å². The molecule has 1 amide bonds. The fourth-order valence-corrected chi connectivity index (χ4v) is 2.10. The van der Waals surface area contributed by atoms with Crippen molar-refractivity contribution in [1.29, 1.82) is 0 Å². The Hall–Kier alpha value is -1.69. The van der Waals surface area contributed by atoms with Crippen LogP contribution in [0.15, 0.2) is 18.3 Å². The van der Waals surface area contributed by atoms with Gasteiger partial charge in [-0.3, -0.25) is 0 Å². The van der Waals surface area contributed by atoms with E-state index in [1.165, 1.54) is 0 Å². The first-order valence-electron chi connectivity index (χ1n) is 6.92. The SMILES string of the molecule is CC(C)(C)OC(=O)N1CC[C@H](NCc2cccnn2)C1. The van der Waals surface area contributed by atoms with Crippen LogP contribution in [-0.4, -0.2) is 45.9 Å². The molecule has 0 bridgehead atoms. The van der Waals surface area contributed by atoms with Gasteiger partial charge >= 0.3 is 6.09 Å². The number of nitrogens with zero attached hydrogens (tertiary/aromatic N) is 3. The molecule has 1 aromatic rings. The number of likely N-dealkylation sites (tertiary alicyclic amines) is 1. The molecular formula is C14H22N4O2. The van der Waals surface area contributed by atoms with Crippen molar-refractivity contribution < 1.29 is 9.53 Å². The summed E-state index contributed by atoms with van der Waals surface area (Å²) in [4.78, 5) is 13.7. The standard InChI is InChI=1S/C14H22N4O2/c1-14(2,3)20-13(19)18-8-6-12(10-18)15-9-11-5-4-7-16-17-11/h4-5,7,12,15H,6,8-10H2,1-3H3/t12-/m0/s1. The van der Waals surface area contributed by atoms with E-state index in [9.17, 15) is 4.79 Å². The van der Waals surface area contributed by atoms with Gasteiger partial charge in [0.25, 0.3) is 0 Å². The van der Waals surface area contributed by atoms with Crippen molar-refractivity contribution in [2.75, 3.05) is 13.1 Å². The van der Waals surface area contributed by atoms with E-state index in [1.54, 1.807) is 11.1 Å². The first-order valence-corrected chi connectivity index (χ1v) is 6.92. The third-order valence-electron chi connectivity index (χ3n) is 3.04. The molecule has 6 nitrogen and oxygen atoms in total. The Morgan fingerprint density at radius 3 is 3.00 bits per heavy atom. The molecule has 0 unspecified atom stereocenters. The summed E-state index contributed by atoms with van der Waals surface area (Å²) in [6.45, 7) is 7.71. The normalized spacial score (nSPS) is 19.1. The lowest BCUT2D eigenvalue weighted by atomic mass is 10.2. The first kappa shape index (κ1) is 14.7. The van der Waals surface area contributed by atoms with Crippen LogP contribution in [0.4, 0.5) is 4.79 Å². The lowest BCUT2D eigenvalue weighted by molar-refractivity contribution is 0.0291. The van der Waals surface area contributed by atoms with Crippen LogP contribution < -0.4 is 5.32 Å². The summed E-state index contributed by atoms with van der Waals surface area (Å²) < 4.78 is 5.37. The van der Waals surface area contributed by atoms with E-state index in [1.807, 2.05) is 32.9 Å². The van der Waals surface area contributed by atoms with Crippen molar-refractivity contribution in [3.05, 3.63) is 24.0 Å². The average Bonchev–Trinajstić information content (AvgIpc) is 2.84. The molecule has 6 heteroatoms. The summed E-state index contributed by atoms with van der Waals surface area (Å²) in [5.41, 5.74) is 0.464. The number of hydrogen-bond acceptors (Lipinski definition) is 5. The van der Waals surface area contributed by atoms with Gasteiger partial charge in [-0.05, 0) is 39.3 Å². The third-order valence-corrected chi connectivity index (χ3v) is 3.04.